The number of hydrogen-bond donors (Lipinski definition) is 0. The van der Waals surface area contributed by atoms with Crippen LogP contribution in [0.1, 0.15) is 35.9 Å². The van der Waals surface area contributed by atoms with E-state index in [1.54, 1.807) is 17.4 Å². The van der Waals surface area contributed by atoms with E-state index in [2.05, 4.69) is 10.1 Å². The van der Waals surface area contributed by atoms with E-state index >= 15 is 0 Å². The second-order valence-corrected chi connectivity index (χ2v) is 6.48. The van der Waals surface area contributed by atoms with Crippen LogP contribution in [0.15, 0.2) is 22.2 Å². The van der Waals surface area contributed by atoms with Crippen molar-refractivity contribution in [3.05, 3.63) is 33.6 Å². The molecule has 7 heteroatoms. The highest BCUT2D eigenvalue weighted by atomic mass is 35.5. The van der Waals surface area contributed by atoms with Crippen LogP contribution in [-0.2, 0) is 11.2 Å². The van der Waals surface area contributed by atoms with Crippen LogP contribution in [-0.4, -0.2) is 34.0 Å². The molecule has 112 valence electrons. The van der Waals surface area contributed by atoms with Crippen LogP contribution in [0.25, 0.3) is 0 Å². The summed E-state index contributed by atoms with van der Waals surface area (Å²) in [5.74, 6) is 1.19. The molecule has 1 atom stereocenters. The Balaban J connectivity index is 1.54. The average molecular weight is 326 g/mol. The highest BCUT2D eigenvalue weighted by Crippen LogP contribution is 2.28. The molecule has 0 radical (unpaired) electrons. The van der Waals surface area contributed by atoms with Crippen LogP contribution < -0.4 is 0 Å². The maximum Gasteiger partial charge on any atom is 0.223 e. The molecule has 1 aliphatic rings. The Bertz CT molecular complexity index is 599. The fourth-order valence-electron chi connectivity index (χ4n) is 2.64. The molecule has 0 bridgehead atoms. The zero-order valence-electron chi connectivity index (χ0n) is 11.5. The van der Waals surface area contributed by atoms with E-state index < -0.39 is 0 Å². The van der Waals surface area contributed by atoms with Gasteiger partial charge in [0.2, 0.25) is 5.91 Å². The highest BCUT2D eigenvalue weighted by Gasteiger charge is 2.26. The highest BCUT2D eigenvalue weighted by molar-refractivity contribution is 7.09. The molecule has 0 N–H and O–H groups in total. The molecule has 3 heterocycles. The summed E-state index contributed by atoms with van der Waals surface area (Å²) in [6.45, 7) is 1.60. The Labute approximate surface area is 131 Å². The molecule has 5 nitrogen and oxygen atoms in total. The molecule has 0 aromatic carbocycles. The zero-order valence-corrected chi connectivity index (χ0v) is 13.1. The van der Waals surface area contributed by atoms with Gasteiger partial charge in [0.15, 0.2) is 5.15 Å². The van der Waals surface area contributed by atoms with Crippen LogP contribution in [0, 0.1) is 0 Å². The van der Waals surface area contributed by atoms with Gasteiger partial charge in [-0.05, 0) is 12.8 Å². The molecule has 21 heavy (non-hydrogen) atoms. The topological polar surface area (TPSA) is 59.2 Å². The number of nitrogens with zero attached hydrogens (tertiary/aromatic N) is 3. The molecule has 0 unspecified atom stereocenters. The summed E-state index contributed by atoms with van der Waals surface area (Å²) < 4.78 is 5.02. The number of amides is 1. The van der Waals surface area contributed by atoms with Crippen molar-refractivity contribution >= 4 is 28.8 Å². The number of aryl methyl sites for hydroxylation is 1. The molecular weight excluding hydrogens is 310 g/mol. The van der Waals surface area contributed by atoms with Crippen LogP contribution in [0.3, 0.4) is 0 Å². The standard InChI is InChI=1S/C14H16ClN3O2S/c15-12-8-11(20-17-12)3-4-13(19)18-6-1-2-10(9-18)14-16-5-7-21-14/h5,7-8,10H,1-4,6,9H2/t10-/m1/s1. The Hall–Kier alpha value is -1.40. The fraction of sp³-hybridized carbons (Fsp3) is 0.500. The minimum atomic E-state index is 0.156. The van der Waals surface area contributed by atoms with Gasteiger partial charge in [-0.2, -0.15) is 0 Å². The van der Waals surface area contributed by atoms with Gasteiger partial charge in [0.25, 0.3) is 0 Å². The van der Waals surface area contributed by atoms with Crippen molar-refractivity contribution in [1.29, 1.82) is 0 Å². The lowest BCUT2D eigenvalue weighted by Gasteiger charge is -2.31. The second-order valence-electron chi connectivity index (χ2n) is 5.17. The first-order chi connectivity index (χ1) is 10.2. The number of aromatic nitrogens is 2. The molecule has 2 aromatic rings. The number of thiazole rings is 1. The molecule has 1 aliphatic heterocycles. The summed E-state index contributed by atoms with van der Waals surface area (Å²) in [4.78, 5) is 18.6. The maximum atomic E-state index is 12.3. The van der Waals surface area contributed by atoms with Crippen molar-refractivity contribution in [3.63, 3.8) is 0 Å². The van der Waals surface area contributed by atoms with Gasteiger partial charge in [0.05, 0.1) is 5.01 Å². The zero-order chi connectivity index (χ0) is 14.7. The Morgan fingerprint density at radius 1 is 1.57 bits per heavy atom. The number of halogens is 1. The first kappa shape index (κ1) is 14.5. The van der Waals surface area contributed by atoms with Crippen LogP contribution in [0.5, 0.6) is 0 Å². The molecule has 1 fully saturated rings. The normalized spacial score (nSPS) is 18.9. The molecule has 0 saturated carbocycles. The third-order valence-electron chi connectivity index (χ3n) is 3.69. The summed E-state index contributed by atoms with van der Waals surface area (Å²) in [5, 5.41) is 7.07. The first-order valence-corrected chi connectivity index (χ1v) is 8.26. The summed E-state index contributed by atoms with van der Waals surface area (Å²) in [7, 11) is 0. The predicted molar refractivity (Wildman–Crippen MR) is 80.5 cm³/mol. The number of carbonyl (C=O) groups is 1. The summed E-state index contributed by atoms with van der Waals surface area (Å²) in [6.07, 6.45) is 4.93. The van der Waals surface area contributed by atoms with E-state index in [4.69, 9.17) is 16.1 Å². The van der Waals surface area contributed by atoms with Crippen molar-refractivity contribution in [3.8, 4) is 0 Å². The number of rotatable bonds is 4. The van der Waals surface area contributed by atoms with Crippen molar-refractivity contribution in [1.82, 2.24) is 15.0 Å². The minimum Gasteiger partial charge on any atom is -0.360 e. The molecule has 3 rings (SSSR count). The third kappa shape index (κ3) is 3.63. The van der Waals surface area contributed by atoms with Crippen LogP contribution in [0.2, 0.25) is 5.15 Å². The van der Waals surface area contributed by atoms with Gasteiger partial charge >= 0.3 is 0 Å². The number of hydrogen-bond acceptors (Lipinski definition) is 5. The number of carbonyl (C=O) groups excluding carboxylic acids is 1. The molecule has 0 aliphatic carbocycles. The second kappa shape index (κ2) is 6.58. The fourth-order valence-corrected chi connectivity index (χ4v) is 3.56. The third-order valence-corrected chi connectivity index (χ3v) is 4.81. The molecule has 2 aromatic heterocycles. The van der Waals surface area contributed by atoms with Gasteiger partial charge in [-0.15, -0.1) is 11.3 Å². The number of piperidine rings is 1. The Morgan fingerprint density at radius 3 is 3.19 bits per heavy atom. The monoisotopic (exact) mass is 325 g/mol. The predicted octanol–water partition coefficient (Wildman–Crippen LogP) is 3.12. The maximum absolute atomic E-state index is 12.3. The summed E-state index contributed by atoms with van der Waals surface area (Å²) >= 11 is 7.36. The number of likely N-dealkylation sites (tertiary alicyclic amines) is 1. The lowest BCUT2D eigenvalue weighted by atomic mass is 9.98. The van der Waals surface area contributed by atoms with Gasteiger partial charge in [0, 0.05) is 49.5 Å². The van der Waals surface area contributed by atoms with Gasteiger partial charge in [-0.25, -0.2) is 4.98 Å². The first-order valence-electron chi connectivity index (χ1n) is 7.00. The van der Waals surface area contributed by atoms with Crippen molar-refractivity contribution in [2.45, 2.75) is 31.6 Å². The van der Waals surface area contributed by atoms with Crippen molar-refractivity contribution in [2.75, 3.05) is 13.1 Å². The lowest BCUT2D eigenvalue weighted by molar-refractivity contribution is -0.132. The summed E-state index contributed by atoms with van der Waals surface area (Å²) in [5.41, 5.74) is 0. The quantitative estimate of drug-likeness (QED) is 0.866. The van der Waals surface area contributed by atoms with Gasteiger partial charge in [-0.1, -0.05) is 16.8 Å². The van der Waals surface area contributed by atoms with Crippen LogP contribution >= 0.6 is 22.9 Å². The SMILES string of the molecule is O=C(CCc1cc(Cl)no1)N1CCC[C@@H](c2nccs2)C1. The van der Waals surface area contributed by atoms with E-state index in [-0.39, 0.29) is 5.91 Å². The Kier molecular flexibility index (Phi) is 4.55. The van der Waals surface area contributed by atoms with Crippen molar-refractivity contribution in [2.24, 2.45) is 0 Å². The van der Waals surface area contributed by atoms with Crippen molar-refractivity contribution < 1.29 is 9.32 Å². The summed E-state index contributed by atoms with van der Waals surface area (Å²) in [6, 6.07) is 1.66. The van der Waals surface area contributed by atoms with E-state index in [1.165, 1.54) is 0 Å². The van der Waals surface area contributed by atoms with Crippen LogP contribution in [0.4, 0.5) is 0 Å². The molecule has 1 amide bonds. The van der Waals surface area contributed by atoms with E-state index in [9.17, 15) is 4.79 Å². The van der Waals surface area contributed by atoms with Gasteiger partial charge in [-0.3, -0.25) is 4.79 Å². The molecule has 1 saturated heterocycles. The lowest BCUT2D eigenvalue weighted by Crippen LogP contribution is -2.39. The minimum absolute atomic E-state index is 0.156. The largest absolute Gasteiger partial charge is 0.360 e. The Morgan fingerprint density at radius 2 is 2.48 bits per heavy atom. The molecule has 0 spiro atoms. The van der Waals surface area contributed by atoms with E-state index in [1.807, 2.05) is 16.5 Å². The molecular formula is C14H16ClN3O2S. The average Bonchev–Trinajstić information content (AvgIpc) is 3.16. The smallest absolute Gasteiger partial charge is 0.223 e. The van der Waals surface area contributed by atoms with E-state index in [0.717, 1.165) is 30.9 Å². The van der Waals surface area contributed by atoms with E-state index in [0.29, 0.717) is 29.7 Å². The van der Waals surface area contributed by atoms with Gasteiger partial charge < -0.3 is 9.42 Å². The van der Waals surface area contributed by atoms with Gasteiger partial charge in [0.1, 0.15) is 5.76 Å².